The van der Waals surface area contributed by atoms with E-state index < -0.39 is 0 Å². The maximum Gasteiger partial charge on any atom is 0.309 e. The lowest BCUT2D eigenvalue weighted by Crippen LogP contribution is -2.07. The van der Waals surface area contributed by atoms with Crippen LogP contribution in [0.2, 0.25) is 0 Å². The van der Waals surface area contributed by atoms with Crippen LogP contribution in [0.15, 0.2) is 54.6 Å². The number of hydrogen-bond donors (Lipinski definition) is 0. The molecule has 3 aromatic rings. The summed E-state index contributed by atoms with van der Waals surface area (Å²) in [6.07, 6.45) is 1.16. The highest BCUT2D eigenvalue weighted by Crippen LogP contribution is 2.25. The van der Waals surface area contributed by atoms with E-state index in [0.717, 1.165) is 39.9 Å². The third-order valence-corrected chi connectivity index (χ3v) is 4.36. The number of esters is 1. The maximum absolute atomic E-state index is 11.6. The molecular weight excluding hydrogens is 338 g/mol. The first-order valence-corrected chi connectivity index (χ1v) is 9.21. The molecule has 2 aromatic carbocycles. The molecule has 4 nitrogen and oxygen atoms in total. The molecule has 140 valence electrons. The molecule has 0 unspecified atom stereocenters. The number of carbonyl (C=O) groups is 1. The smallest absolute Gasteiger partial charge is 0.309 e. The summed E-state index contributed by atoms with van der Waals surface area (Å²) in [5.41, 5.74) is 3.90. The highest BCUT2D eigenvalue weighted by Gasteiger charge is 2.11. The van der Waals surface area contributed by atoms with Gasteiger partial charge in [0.1, 0.15) is 12.4 Å². The predicted octanol–water partition coefficient (Wildman–Crippen LogP) is 4.73. The Morgan fingerprint density at radius 3 is 2.67 bits per heavy atom. The van der Waals surface area contributed by atoms with Crippen molar-refractivity contribution in [3.8, 4) is 5.75 Å². The van der Waals surface area contributed by atoms with E-state index in [4.69, 9.17) is 9.47 Å². The van der Waals surface area contributed by atoms with Crippen molar-refractivity contribution < 1.29 is 14.3 Å². The number of carbonyl (C=O) groups excluding carboxylic acids is 1. The van der Waals surface area contributed by atoms with Crippen molar-refractivity contribution in [1.29, 1.82) is 0 Å². The highest BCUT2D eigenvalue weighted by atomic mass is 16.5. The van der Waals surface area contributed by atoms with Gasteiger partial charge in [0.25, 0.3) is 0 Å². The second kappa shape index (κ2) is 8.67. The van der Waals surface area contributed by atoms with Gasteiger partial charge in [0.15, 0.2) is 0 Å². The van der Waals surface area contributed by atoms with E-state index in [1.54, 1.807) is 0 Å². The van der Waals surface area contributed by atoms with Gasteiger partial charge in [-0.1, -0.05) is 50.2 Å². The predicted molar refractivity (Wildman–Crippen MR) is 107 cm³/mol. The number of fused-ring (bicyclic) bond motifs is 1. The lowest BCUT2D eigenvalue weighted by atomic mass is 9.99. The summed E-state index contributed by atoms with van der Waals surface area (Å²) in [6, 6.07) is 18.0. The van der Waals surface area contributed by atoms with Gasteiger partial charge in [0.2, 0.25) is 0 Å². The lowest BCUT2D eigenvalue weighted by Gasteiger charge is -2.15. The van der Waals surface area contributed by atoms with Crippen molar-refractivity contribution in [2.45, 2.75) is 33.3 Å². The summed E-state index contributed by atoms with van der Waals surface area (Å²) < 4.78 is 10.8. The monoisotopic (exact) mass is 363 g/mol. The van der Waals surface area contributed by atoms with E-state index in [1.165, 1.54) is 7.11 Å². The Morgan fingerprint density at radius 2 is 1.89 bits per heavy atom. The number of benzene rings is 2. The quantitative estimate of drug-likeness (QED) is 0.570. The molecule has 1 aromatic heterocycles. The summed E-state index contributed by atoms with van der Waals surface area (Å²) in [5, 5.41) is 1.12. The molecule has 4 heteroatoms. The fourth-order valence-corrected chi connectivity index (χ4v) is 3.06. The van der Waals surface area contributed by atoms with Crippen molar-refractivity contribution in [2.75, 3.05) is 7.11 Å². The van der Waals surface area contributed by atoms with Crippen molar-refractivity contribution in [2.24, 2.45) is 5.92 Å². The number of ether oxygens (including phenoxy) is 2. The van der Waals surface area contributed by atoms with E-state index in [9.17, 15) is 4.79 Å². The first kappa shape index (κ1) is 18.9. The van der Waals surface area contributed by atoms with Crippen LogP contribution in [0.4, 0.5) is 0 Å². The molecule has 0 aliphatic carbocycles. The van der Waals surface area contributed by atoms with Gasteiger partial charge in [0.05, 0.1) is 24.7 Å². The summed E-state index contributed by atoms with van der Waals surface area (Å²) in [4.78, 5) is 16.2. The summed E-state index contributed by atoms with van der Waals surface area (Å²) >= 11 is 0. The minimum absolute atomic E-state index is 0.237. The van der Waals surface area contributed by atoms with Crippen LogP contribution >= 0.6 is 0 Å². The van der Waals surface area contributed by atoms with Gasteiger partial charge >= 0.3 is 5.97 Å². The van der Waals surface area contributed by atoms with Crippen LogP contribution in [0.25, 0.3) is 10.9 Å². The molecule has 0 saturated heterocycles. The minimum Gasteiger partial charge on any atom is -0.487 e. The van der Waals surface area contributed by atoms with Gasteiger partial charge in [-0.2, -0.15) is 0 Å². The van der Waals surface area contributed by atoms with Gasteiger partial charge in [0, 0.05) is 5.39 Å². The molecule has 0 fully saturated rings. The first-order valence-electron chi connectivity index (χ1n) is 9.21. The highest BCUT2D eigenvalue weighted by molar-refractivity contribution is 5.78. The van der Waals surface area contributed by atoms with Crippen LogP contribution < -0.4 is 4.74 Å². The van der Waals surface area contributed by atoms with E-state index >= 15 is 0 Å². The molecule has 0 aliphatic heterocycles. The van der Waals surface area contributed by atoms with Crippen LogP contribution in [0.1, 0.15) is 30.7 Å². The third kappa shape index (κ3) is 5.07. The molecule has 1 heterocycles. The van der Waals surface area contributed by atoms with Crippen molar-refractivity contribution in [3.63, 3.8) is 0 Å². The fraction of sp³-hybridized carbons (Fsp3) is 0.304. The molecule has 0 bridgehead atoms. The van der Waals surface area contributed by atoms with Crippen molar-refractivity contribution >= 4 is 16.9 Å². The second-order valence-corrected chi connectivity index (χ2v) is 7.08. The standard InChI is InChI=1S/C23H25NO3/c1-16(2)12-19-13-17(14-23(25)26-3)8-11-22(19)27-15-20-10-9-18-6-4-5-7-21(18)24-20/h4-11,13,16H,12,14-15H2,1-3H3. The second-order valence-electron chi connectivity index (χ2n) is 7.08. The number of para-hydroxylation sites is 1. The molecule has 0 aliphatic rings. The molecule has 0 saturated carbocycles. The van der Waals surface area contributed by atoms with Gasteiger partial charge in [-0.05, 0) is 41.7 Å². The zero-order valence-electron chi connectivity index (χ0n) is 16.1. The third-order valence-electron chi connectivity index (χ3n) is 4.36. The Balaban J connectivity index is 1.78. The number of methoxy groups -OCH3 is 1. The number of aromatic nitrogens is 1. The van der Waals surface area contributed by atoms with Crippen LogP contribution in [0.5, 0.6) is 5.75 Å². The van der Waals surface area contributed by atoms with Crippen LogP contribution in [-0.4, -0.2) is 18.1 Å². The number of nitrogens with zero attached hydrogens (tertiary/aromatic N) is 1. The van der Waals surface area contributed by atoms with E-state index in [-0.39, 0.29) is 12.4 Å². The molecule has 0 spiro atoms. The molecule has 3 rings (SSSR count). The summed E-state index contributed by atoms with van der Waals surface area (Å²) in [5.74, 6) is 1.09. The zero-order valence-corrected chi connectivity index (χ0v) is 16.1. The molecule has 0 radical (unpaired) electrons. The molecule has 0 amide bonds. The Kier molecular flexibility index (Phi) is 6.07. The average Bonchev–Trinajstić information content (AvgIpc) is 2.66. The van der Waals surface area contributed by atoms with Crippen LogP contribution in [0, 0.1) is 5.92 Å². The summed E-state index contributed by atoms with van der Waals surface area (Å²) in [6.45, 7) is 4.75. The lowest BCUT2D eigenvalue weighted by molar-refractivity contribution is -0.139. The fourth-order valence-electron chi connectivity index (χ4n) is 3.06. The number of pyridine rings is 1. The van der Waals surface area contributed by atoms with Crippen LogP contribution in [-0.2, 0) is 29.0 Å². The van der Waals surface area contributed by atoms with Gasteiger partial charge < -0.3 is 9.47 Å². The van der Waals surface area contributed by atoms with E-state index in [0.29, 0.717) is 12.5 Å². The first-order chi connectivity index (χ1) is 13.0. The Labute approximate surface area is 160 Å². The van der Waals surface area contributed by atoms with E-state index in [1.807, 2.05) is 48.5 Å². The molecule has 0 N–H and O–H groups in total. The van der Waals surface area contributed by atoms with Crippen LogP contribution in [0.3, 0.4) is 0 Å². The maximum atomic E-state index is 11.6. The van der Waals surface area contributed by atoms with Gasteiger partial charge in [-0.3, -0.25) is 4.79 Å². The Morgan fingerprint density at radius 1 is 1.07 bits per heavy atom. The average molecular weight is 363 g/mol. The Bertz CT molecular complexity index is 934. The van der Waals surface area contributed by atoms with E-state index in [2.05, 4.69) is 24.9 Å². The topological polar surface area (TPSA) is 48.4 Å². The van der Waals surface area contributed by atoms with Crippen molar-refractivity contribution in [3.05, 3.63) is 71.4 Å². The SMILES string of the molecule is COC(=O)Cc1ccc(OCc2ccc3ccccc3n2)c(CC(C)C)c1. The van der Waals surface area contributed by atoms with Crippen molar-refractivity contribution in [1.82, 2.24) is 4.98 Å². The Hall–Kier alpha value is -2.88. The molecular formula is C23H25NO3. The minimum atomic E-state index is -0.237. The summed E-state index contributed by atoms with van der Waals surface area (Å²) in [7, 11) is 1.41. The zero-order chi connectivity index (χ0) is 19.2. The molecule has 27 heavy (non-hydrogen) atoms. The number of hydrogen-bond acceptors (Lipinski definition) is 4. The van der Waals surface area contributed by atoms with Gasteiger partial charge in [-0.15, -0.1) is 0 Å². The molecule has 0 atom stereocenters. The van der Waals surface area contributed by atoms with Gasteiger partial charge in [-0.25, -0.2) is 4.98 Å². The largest absolute Gasteiger partial charge is 0.487 e. The number of rotatable bonds is 7. The normalized spacial score (nSPS) is 11.0.